The lowest BCUT2D eigenvalue weighted by Gasteiger charge is -2.48. The molecule has 0 amide bonds. The number of hydrogen-bond acceptors (Lipinski definition) is 1. The number of alkyl halides is 3. The zero-order valence-corrected chi connectivity index (χ0v) is 13.0. The molecule has 2 aliphatic carbocycles. The number of rotatable bonds is 3. The van der Waals surface area contributed by atoms with Gasteiger partial charge >= 0.3 is 13.8 Å². The van der Waals surface area contributed by atoms with E-state index in [9.17, 15) is 27.5 Å². The molecule has 0 aliphatic heterocycles. The van der Waals surface area contributed by atoms with Crippen LogP contribution in [0.15, 0.2) is 0 Å². The van der Waals surface area contributed by atoms with Gasteiger partial charge in [0.25, 0.3) is 0 Å². The van der Waals surface area contributed by atoms with Crippen molar-refractivity contribution in [1.29, 1.82) is 0 Å². The summed E-state index contributed by atoms with van der Waals surface area (Å²) < 4.78 is 51.1. The standard InChI is InChI=1S/C14H24F3O3P/c15-14(16,17)10-13(21(18,19)20)9-5-4-8-12(13)11-6-2-1-3-7-11/h11-12H,1-10H2,(H2,18,19,20). The van der Waals surface area contributed by atoms with Crippen molar-refractivity contribution in [3.05, 3.63) is 0 Å². The molecule has 2 aliphatic rings. The van der Waals surface area contributed by atoms with Crippen LogP contribution in [0, 0.1) is 11.8 Å². The monoisotopic (exact) mass is 328 g/mol. The largest absolute Gasteiger partial charge is 0.390 e. The van der Waals surface area contributed by atoms with Crippen molar-refractivity contribution in [3.63, 3.8) is 0 Å². The van der Waals surface area contributed by atoms with Gasteiger partial charge in [0.05, 0.1) is 11.6 Å². The molecule has 21 heavy (non-hydrogen) atoms. The Bertz CT molecular complexity index is 401. The van der Waals surface area contributed by atoms with Crippen LogP contribution in [0.3, 0.4) is 0 Å². The Kier molecular flexibility index (Phi) is 5.11. The minimum absolute atomic E-state index is 0.00203. The van der Waals surface area contributed by atoms with Crippen LogP contribution in [0.4, 0.5) is 13.2 Å². The summed E-state index contributed by atoms with van der Waals surface area (Å²) in [6.07, 6.45) is 0.514. The van der Waals surface area contributed by atoms with Crippen molar-refractivity contribution in [3.8, 4) is 0 Å². The van der Waals surface area contributed by atoms with E-state index in [-0.39, 0.29) is 12.3 Å². The zero-order chi connectivity index (χ0) is 15.7. The quantitative estimate of drug-likeness (QED) is 0.743. The molecule has 2 atom stereocenters. The molecule has 0 saturated heterocycles. The molecule has 124 valence electrons. The molecule has 2 N–H and O–H groups in total. The van der Waals surface area contributed by atoms with Crippen molar-refractivity contribution in [1.82, 2.24) is 0 Å². The van der Waals surface area contributed by atoms with Gasteiger partial charge in [-0.2, -0.15) is 13.2 Å². The highest BCUT2D eigenvalue weighted by Gasteiger charge is 2.59. The molecule has 3 nitrogen and oxygen atoms in total. The summed E-state index contributed by atoms with van der Waals surface area (Å²) in [7, 11) is -4.81. The normalized spacial score (nSPS) is 33.1. The van der Waals surface area contributed by atoms with Gasteiger partial charge in [0.1, 0.15) is 0 Å². The first-order chi connectivity index (χ1) is 9.66. The molecule has 0 aromatic rings. The van der Waals surface area contributed by atoms with E-state index in [1.54, 1.807) is 0 Å². The average Bonchev–Trinajstić information content (AvgIpc) is 2.37. The summed E-state index contributed by atoms with van der Waals surface area (Å²) in [6.45, 7) is 0. The molecule has 7 heteroatoms. The maximum atomic E-state index is 13.0. The van der Waals surface area contributed by atoms with Crippen molar-refractivity contribution in [2.24, 2.45) is 11.8 Å². The predicted octanol–water partition coefficient (Wildman–Crippen LogP) is 4.63. The van der Waals surface area contributed by atoms with E-state index in [1.807, 2.05) is 0 Å². The van der Waals surface area contributed by atoms with Gasteiger partial charge < -0.3 is 9.79 Å². The third-order valence-electron chi connectivity index (χ3n) is 5.37. The Morgan fingerprint density at radius 1 is 1.00 bits per heavy atom. The van der Waals surface area contributed by atoms with E-state index < -0.39 is 31.3 Å². The smallest absolute Gasteiger partial charge is 0.324 e. The number of hydrogen-bond donors (Lipinski definition) is 2. The molecule has 2 fully saturated rings. The first kappa shape index (κ1) is 17.3. The molecule has 0 aromatic carbocycles. The molecule has 0 aromatic heterocycles. The first-order valence-electron chi connectivity index (χ1n) is 7.78. The Morgan fingerprint density at radius 2 is 1.57 bits per heavy atom. The van der Waals surface area contributed by atoms with Gasteiger partial charge in [0, 0.05) is 0 Å². The van der Waals surface area contributed by atoms with E-state index in [0.29, 0.717) is 12.8 Å². The van der Waals surface area contributed by atoms with Crippen molar-refractivity contribution >= 4 is 7.60 Å². The van der Waals surface area contributed by atoms with E-state index in [1.165, 1.54) is 0 Å². The van der Waals surface area contributed by atoms with E-state index in [2.05, 4.69) is 0 Å². The van der Waals surface area contributed by atoms with E-state index in [0.717, 1.165) is 38.5 Å². The maximum Gasteiger partial charge on any atom is 0.390 e. The van der Waals surface area contributed by atoms with Gasteiger partial charge in [0.2, 0.25) is 0 Å². The minimum atomic E-state index is -4.81. The zero-order valence-electron chi connectivity index (χ0n) is 12.1. The second-order valence-electron chi connectivity index (χ2n) is 6.69. The Hall–Kier alpha value is -0.0600. The van der Waals surface area contributed by atoms with Crippen LogP contribution in [0.5, 0.6) is 0 Å². The molecule has 0 spiro atoms. The Morgan fingerprint density at radius 3 is 2.10 bits per heavy atom. The van der Waals surface area contributed by atoms with Crippen LogP contribution >= 0.6 is 7.60 Å². The third-order valence-corrected chi connectivity index (χ3v) is 7.24. The van der Waals surface area contributed by atoms with Crippen LogP contribution in [-0.4, -0.2) is 21.1 Å². The van der Waals surface area contributed by atoms with Gasteiger partial charge in [-0.15, -0.1) is 0 Å². The van der Waals surface area contributed by atoms with Crippen molar-refractivity contribution < 1.29 is 27.5 Å². The summed E-state index contributed by atoms with van der Waals surface area (Å²) in [5, 5.41) is -1.88. The summed E-state index contributed by atoms with van der Waals surface area (Å²) in [4.78, 5) is 19.5. The molecule has 2 saturated carbocycles. The van der Waals surface area contributed by atoms with Gasteiger partial charge in [0.15, 0.2) is 0 Å². The third kappa shape index (κ3) is 3.83. The van der Waals surface area contributed by atoms with Gasteiger partial charge in [-0.05, 0) is 24.7 Å². The molecule has 0 radical (unpaired) electrons. The molecule has 0 heterocycles. The minimum Gasteiger partial charge on any atom is -0.324 e. The fourth-order valence-corrected chi connectivity index (χ4v) is 6.10. The van der Waals surface area contributed by atoms with E-state index in [4.69, 9.17) is 0 Å². The van der Waals surface area contributed by atoms with E-state index >= 15 is 0 Å². The van der Waals surface area contributed by atoms with Crippen molar-refractivity contribution in [2.75, 3.05) is 0 Å². The fraction of sp³-hybridized carbons (Fsp3) is 1.00. The summed E-state index contributed by atoms with van der Waals surface area (Å²) in [5.74, 6) is -0.456. The molecule has 2 unspecified atom stereocenters. The lowest BCUT2D eigenvalue weighted by atomic mass is 9.66. The van der Waals surface area contributed by atoms with Crippen LogP contribution in [0.1, 0.15) is 64.2 Å². The molecular formula is C14H24F3O3P. The highest BCUT2D eigenvalue weighted by atomic mass is 31.2. The second kappa shape index (κ2) is 6.21. The van der Waals surface area contributed by atoms with Crippen LogP contribution < -0.4 is 0 Å². The fourth-order valence-electron chi connectivity index (χ4n) is 4.49. The lowest BCUT2D eigenvalue weighted by Crippen LogP contribution is -2.47. The molecule has 2 rings (SSSR count). The second-order valence-corrected chi connectivity index (χ2v) is 8.67. The SMILES string of the molecule is O=P(O)(O)C1(CC(F)(F)F)CCCCC1C1CCCCC1. The Labute approximate surface area is 123 Å². The Balaban J connectivity index is 2.35. The number of halogens is 3. The van der Waals surface area contributed by atoms with Gasteiger partial charge in [-0.1, -0.05) is 44.9 Å². The highest BCUT2D eigenvalue weighted by Crippen LogP contribution is 2.66. The summed E-state index contributed by atoms with van der Waals surface area (Å²) >= 11 is 0. The lowest BCUT2D eigenvalue weighted by molar-refractivity contribution is -0.150. The van der Waals surface area contributed by atoms with Gasteiger partial charge in [-0.25, -0.2) is 0 Å². The topological polar surface area (TPSA) is 57.5 Å². The molecule has 0 bridgehead atoms. The summed E-state index contributed by atoms with van der Waals surface area (Å²) in [5.41, 5.74) is 0. The van der Waals surface area contributed by atoms with Crippen molar-refractivity contribution in [2.45, 2.75) is 75.5 Å². The van der Waals surface area contributed by atoms with Gasteiger partial charge in [-0.3, -0.25) is 4.57 Å². The maximum absolute atomic E-state index is 13.0. The van der Waals surface area contributed by atoms with Crippen LogP contribution in [-0.2, 0) is 4.57 Å². The first-order valence-corrected chi connectivity index (χ1v) is 9.39. The highest BCUT2D eigenvalue weighted by molar-refractivity contribution is 7.53. The van der Waals surface area contributed by atoms with Crippen LogP contribution in [0.25, 0.3) is 0 Å². The molecular weight excluding hydrogens is 304 g/mol. The average molecular weight is 328 g/mol. The predicted molar refractivity (Wildman–Crippen MR) is 74.0 cm³/mol. The van der Waals surface area contributed by atoms with Crippen LogP contribution in [0.2, 0.25) is 0 Å². The summed E-state index contributed by atoms with van der Waals surface area (Å²) in [6, 6.07) is 0.